The van der Waals surface area contributed by atoms with E-state index in [9.17, 15) is 110 Å². The maximum absolute atomic E-state index is 13.8. The molecule has 0 bridgehead atoms. The molecule has 0 spiro atoms. The van der Waals surface area contributed by atoms with Crippen LogP contribution in [0.2, 0.25) is 0 Å². The third-order valence-corrected chi connectivity index (χ3v) is 3.85. The van der Waals surface area contributed by atoms with E-state index in [0.717, 1.165) is 9.47 Å². The van der Waals surface area contributed by atoms with E-state index in [2.05, 4.69) is 0 Å². The molecule has 260 valence electrons. The second-order valence-corrected chi connectivity index (χ2v) is 7.06. The van der Waals surface area contributed by atoms with Crippen molar-refractivity contribution in [2.45, 2.75) is 72.8 Å². The lowest BCUT2D eigenvalue weighted by Crippen LogP contribution is -2.69. The lowest BCUT2D eigenvalue weighted by atomic mass is 9.98. The first-order chi connectivity index (χ1) is 18.1. The van der Waals surface area contributed by atoms with Crippen molar-refractivity contribution < 1.29 is 134 Å². The van der Waals surface area contributed by atoms with E-state index in [-0.39, 0.29) is 0 Å². The molecule has 5 nitrogen and oxygen atoms in total. The summed E-state index contributed by atoms with van der Waals surface area (Å²) in [7, 11) is 0. The third-order valence-electron chi connectivity index (χ3n) is 3.85. The number of aliphatic hydroxyl groups excluding tert-OH is 1. The molecule has 0 aromatic carbocycles. The van der Waals surface area contributed by atoms with Gasteiger partial charge in [0.2, 0.25) is 0 Å². The Hall–Kier alpha value is -1.95. The van der Waals surface area contributed by atoms with Crippen LogP contribution in [0.4, 0.5) is 110 Å². The quantitative estimate of drug-likeness (QED) is 0.152. The average Bonchev–Trinajstić information content (AvgIpc) is 2.68. The van der Waals surface area contributed by atoms with E-state index in [1.807, 2.05) is 0 Å². The minimum atomic E-state index is -8.65. The van der Waals surface area contributed by atoms with Crippen LogP contribution in [-0.2, 0) is 18.9 Å². The molecule has 0 radical (unpaired) electrons. The highest BCUT2D eigenvalue weighted by molar-refractivity contribution is 5.06. The van der Waals surface area contributed by atoms with Crippen molar-refractivity contribution in [3.05, 3.63) is 0 Å². The molecular weight excluding hydrogens is 711 g/mol. The summed E-state index contributed by atoms with van der Waals surface area (Å²) in [5.74, 6) is -32.0. The smallest absolute Gasteiger partial charge is 0.390 e. The van der Waals surface area contributed by atoms with E-state index < -0.39 is 79.4 Å². The van der Waals surface area contributed by atoms with Gasteiger partial charge in [-0.3, -0.25) is 0 Å². The molecule has 0 rings (SSSR count). The van der Waals surface area contributed by atoms with Crippen molar-refractivity contribution >= 4 is 0 Å². The highest BCUT2D eigenvalue weighted by Crippen LogP contribution is 2.59. The van der Waals surface area contributed by atoms with Gasteiger partial charge in [-0.25, -0.2) is 18.9 Å². The van der Waals surface area contributed by atoms with Gasteiger partial charge < -0.3 is 5.11 Å². The van der Waals surface area contributed by atoms with E-state index in [4.69, 9.17) is 5.11 Å². The zero-order valence-corrected chi connectivity index (χ0v) is 18.2. The summed E-state index contributed by atoms with van der Waals surface area (Å²) in [5, 5.41) is 7.85. The fourth-order valence-electron chi connectivity index (χ4n) is 1.79. The number of alkyl halides is 25. The van der Waals surface area contributed by atoms with Crippen molar-refractivity contribution in [2.75, 3.05) is 6.61 Å². The number of ether oxygens (including phenoxy) is 4. The molecule has 0 amide bonds. The molecular formula is C13H3F25O5. The molecule has 1 atom stereocenters. The molecule has 1 unspecified atom stereocenters. The summed E-state index contributed by atoms with van der Waals surface area (Å²) >= 11 is 0. The standard InChI is InChI=1S/C13H3F25O5/c14-2(15,1-39)3(16,17)4(18,19)5(20,21)7(25,26)40-9(29,30)10(31,32)41-11(33,34)12(35,43-13(36,37)38)42-8(27,28)6(22,23)24/h39H,1H2. The molecule has 0 aliphatic carbocycles. The van der Waals surface area contributed by atoms with Gasteiger partial charge >= 0.3 is 72.8 Å². The number of aliphatic hydroxyl groups is 1. The predicted molar refractivity (Wildman–Crippen MR) is 71.9 cm³/mol. The summed E-state index contributed by atoms with van der Waals surface area (Å²) < 4.78 is 328. The number of hydrogen-bond donors (Lipinski definition) is 1. The second kappa shape index (κ2) is 10.8. The van der Waals surface area contributed by atoms with Gasteiger partial charge in [0.1, 0.15) is 6.61 Å². The molecule has 0 aromatic heterocycles. The molecule has 0 saturated carbocycles. The van der Waals surface area contributed by atoms with Gasteiger partial charge in [-0.15, -0.1) is 13.2 Å². The first kappa shape index (κ1) is 41.0. The Balaban J connectivity index is 6.75. The van der Waals surface area contributed by atoms with Gasteiger partial charge in [0.25, 0.3) is 0 Å². The van der Waals surface area contributed by atoms with Crippen LogP contribution in [0, 0.1) is 0 Å². The van der Waals surface area contributed by atoms with Crippen LogP contribution in [0.5, 0.6) is 0 Å². The van der Waals surface area contributed by atoms with E-state index in [0.29, 0.717) is 0 Å². The van der Waals surface area contributed by atoms with Gasteiger partial charge in [-0.2, -0.15) is 96.6 Å². The molecule has 0 aromatic rings. The summed E-state index contributed by atoms with van der Waals surface area (Å²) in [5.41, 5.74) is 0. The van der Waals surface area contributed by atoms with Crippen molar-refractivity contribution in [3.8, 4) is 0 Å². The normalized spacial score (nSPS) is 17.7. The van der Waals surface area contributed by atoms with Gasteiger partial charge in [0.15, 0.2) is 0 Å². The Kier molecular flexibility index (Phi) is 10.4. The Morgan fingerprint density at radius 2 is 0.698 bits per heavy atom. The fourth-order valence-corrected chi connectivity index (χ4v) is 1.79. The van der Waals surface area contributed by atoms with E-state index in [1.165, 1.54) is 9.47 Å². The van der Waals surface area contributed by atoms with Gasteiger partial charge in [0, 0.05) is 0 Å². The lowest BCUT2D eigenvalue weighted by Gasteiger charge is -2.40. The van der Waals surface area contributed by atoms with Crippen molar-refractivity contribution in [1.82, 2.24) is 0 Å². The molecule has 0 heterocycles. The third kappa shape index (κ3) is 7.48. The summed E-state index contributed by atoms with van der Waals surface area (Å²) in [6.07, 6.45) is -56.2. The zero-order chi connectivity index (χ0) is 35.5. The van der Waals surface area contributed by atoms with Crippen molar-refractivity contribution in [1.29, 1.82) is 0 Å². The molecule has 43 heavy (non-hydrogen) atoms. The Morgan fingerprint density at radius 1 is 0.349 bits per heavy atom. The van der Waals surface area contributed by atoms with Gasteiger partial charge in [0.05, 0.1) is 0 Å². The van der Waals surface area contributed by atoms with Crippen LogP contribution in [0.1, 0.15) is 0 Å². The van der Waals surface area contributed by atoms with Gasteiger partial charge in [-0.1, -0.05) is 0 Å². The molecule has 0 saturated heterocycles. The summed E-state index contributed by atoms with van der Waals surface area (Å²) in [6, 6.07) is -7.96. The minimum Gasteiger partial charge on any atom is -0.390 e. The monoisotopic (exact) mass is 714 g/mol. The second-order valence-electron chi connectivity index (χ2n) is 7.06. The number of halogens is 25. The lowest BCUT2D eigenvalue weighted by molar-refractivity contribution is -0.610. The minimum absolute atomic E-state index is 0.997. The van der Waals surface area contributed by atoms with E-state index in [1.54, 1.807) is 0 Å². The zero-order valence-electron chi connectivity index (χ0n) is 18.2. The average molecular weight is 714 g/mol. The van der Waals surface area contributed by atoms with E-state index >= 15 is 0 Å². The SMILES string of the molecule is OCC(F)(F)C(F)(F)C(F)(F)C(F)(F)C(F)(F)OC(F)(F)C(F)(F)OC(F)(F)C(F)(OC(F)(F)F)OC(F)(F)C(F)(F)F. The van der Waals surface area contributed by atoms with Gasteiger partial charge in [-0.05, 0) is 0 Å². The Labute approximate surface area is 215 Å². The van der Waals surface area contributed by atoms with Crippen LogP contribution in [0.25, 0.3) is 0 Å². The fraction of sp³-hybridized carbons (Fsp3) is 1.00. The number of hydrogen-bond acceptors (Lipinski definition) is 5. The summed E-state index contributed by atoms with van der Waals surface area (Å²) in [4.78, 5) is 0. The largest absolute Gasteiger partial charge is 0.527 e. The maximum atomic E-state index is 13.8. The summed E-state index contributed by atoms with van der Waals surface area (Å²) in [6.45, 7) is -3.62. The van der Waals surface area contributed by atoms with Crippen molar-refractivity contribution in [2.24, 2.45) is 0 Å². The number of rotatable bonds is 14. The molecule has 0 aliphatic rings. The highest BCUT2D eigenvalue weighted by Gasteiger charge is 2.89. The Bertz CT molecular complexity index is 968. The van der Waals surface area contributed by atoms with Crippen molar-refractivity contribution in [3.63, 3.8) is 0 Å². The topological polar surface area (TPSA) is 57.2 Å². The van der Waals surface area contributed by atoms with Crippen LogP contribution in [0.3, 0.4) is 0 Å². The predicted octanol–water partition coefficient (Wildman–Crippen LogP) is 7.26. The molecule has 0 aliphatic heterocycles. The maximum Gasteiger partial charge on any atom is 0.527 e. The van der Waals surface area contributed by atoms with Crippen LogP contribution in [0.15, 0.2) is 0 Å². The van der Waals surface area contributed by atoms with Crippen LogP contribution in [-0.4, -0.2) is 84.5 Å². The Morgan fingerprint density at radius 3 is 1.00 bits per heavy atom. The molecule has 0 fully saturated rings. The molecule has 30 heteroatoms. The van der Waals surface area contributed by atoms with Crippen LogP contribution < -0.4 is 0 Å². The van der Waals surface area contributed by atoms with Crippen LogP contribution >= 0.6 is 0 Å². The first-order valence-corrected chi connectivity index (χ1v) is 8.78. The molecule has 1 N–H and O–H groups in total. The highest BCUT2D eigenvalue weighted by atomic mass is 19.4. The first-order valence-electron chi connectivity index (χ1n) is 8.78.